The van der Waals surface area contributed by atoms with E-state index in [9.17, 15) is 9.59 Å². The monoisotopic (exact) mass is 379 g/mol. The Morgan fingerprint density at radius 1 is 1.29 bits per heavy atom. The smallest absolute Gasteiger partial charge is 0.228 e. The van der Waals surface area contributed by atoms with Crippen molar-refractivity contribution < 1.29 is 14.3 Å². The van der Waals surface area contributed by atoms with E-state index in [0.717, 1.165) is 17.0 Å². The number of amides is 2. The number of carbonyl (C=O) groups is 2. The summed E-state index contributed by atoms with van der Waals surface area (Å²) < 4.78 is 5.20. The lowest BCUT2D eigenvalue weighted by Gasteiger charge is -2.25. The van der Waals surface area contributed by atoms with E-state index >= 15 is 0 Å². The molecule has 1 aromatic carbocycles. The zero-order valence-electron chi connectivity index (χ0n) is 16.1. The van der Waals surface area contributed by atoms with E-state index in [0.29, 0.717) is 26.2 Å². The summed E-state index contributed by atoms with van der Waals surface area (Å²) in [6.07, 6.45) is 3.65. The average Bonchev–Trinajstić information content (AvgIpc) is 3.09. The lowest BCUT2D eigenvalue weighted by molar-refractivity contribution is -0.137. The van der Waals surface area contributed by atoms with Crippen LogP contribution >= 0.6 is 0 Å². The molecule has 146 valence electrons. The lowest BCUT2D eigenvalue weighted by Crippen LogP contribution is -2.37. The van der Waals surface area contributed by atoms with Crippen molar-refractivity contribution in [1.29, 1.82) is 0 Å². The predicted octanol–water partition coefficient (Wildman–Crippen LogP) is 2.65. The standard InChI is InChI=1S/C22H25N3O3/c1-3-12-24-15-18(13-21(24)26)22(27)25(16-19-6-4-5-11-23-19)14-17-7-9-20(28-2)10-8-17/h3-11,18H,1,12-16H2,2H3. The van der Waals surface area contributed by atoms with Crippen LogP contribution in [0, 0.1) is 5.92 Å². The molecule has 1 aliphatic heterocycles. The number of rotatable bonds is 8. The van der Waals surface area contributed by atoms with Crippen molar-refractivity contribution in [3.8, 4) is 5.75 Å². The van der Waals surface area contributed by atoms with Gasteiger partial charge in [0.2, 0.25) is 11.8 Å². The highest BCUT2D eigenvalue weighted by molar-refractivity contribution is 5.89. The topological polar surface area (TPSA) is 62.7 Å². The van der Waals surface area contributed by atoms with Gasteiger partial charge in [-0.15, -0.1) is 6.58 Å². The molecular formula is C22H25N3O3. The molecule has 1 atom stereocenters. The van der Waals surface area contributed by atoms with E-state index in [1.54, 1.807) is 29.2 Å². The van der Waals surface area contributed by atoms with Crippen molar-refractivity contribution in [2.24, 2.45) is 5.92 Å². The zero-order valence-corrected chi connectivity index (χ0v) is 16.1. The van der Waals surface area contributed by atoms with Gasteiger partial charge in [0.1, 0.15) is 5.75 Å². The van der Waals surface area contributed by atoms with E-state index in [1.807, 2.05) is 42.5 Å². The maximum Gasteiger partial charge on any atom is 0.228 e. The molecule has 6 nitrogen and oxygen atoms in total. The molecule has 1 aromatic heterocycles. The van der Waals surface area contributed by atoms with Gasteiger partial charge in [0.15, 0.2) is 0 Å². The first-order valence-corrected chi connectivity index (χ1v) is 9.31. The zero-order chi connectivity index (χ0) is 19.9. The molecule has 0 N–H and O–H groups in total. The van der Waals surface area contributed by atoms with Crippen molar-refractivity contribution in [3.05, 3.63) is 72.6 Å². The third kappa shape index (κ3) is 4.76. The Hall–Kier alpha value is -3.15. The molecule has 6 heteroatoms. The van der Waals surface area contributed by atoms with Crippen molar-refractivity contribution in [2.45, 2.75) is 19.5 Å². The summed E-state index contributed by atoms with van der Waals surface area (Å²) in [5.74, 6) is 0.407. The summed E-state index contributed by atoms with van der Waals surface area (Å²) in [5.41, 5.74) is 1.81. The molecule has 2 aromatic rings. The van der Waals surface area contributed by atoms with E-state index in [4.69, 9.17) is 4.74 Å². The van der Waals surface area contributed by atoms with Crippen molar-refractivity contribution in [2.75, 3.05) is 20.2 Å². The fourth-order valence-corrected chi connectivity index (χ4v) is 3.38. The van der Waals surface area contributed by atoms with E-state index in [1.165, 1.54) is 0 Å². The summed E-state index contributed by atoms with van der Waals surface area (Å²) in [7, 11) is 1.62. The normalized spacial score (nSPS) is 16.1. The summed E-state index contributed by atoms with van der Waals surface area (Å²) in [6, 6.07) is 13.3. The van der Waals surface area contributed by atoms with Crippen molar-refractivity contribution in [3.63, 3.8) is 0 Å². The number of likely N-dealkylation sites (tertiary alicyclic amines) is 1. The van der Waals surface area contributed by atoms with Crippen LogP contribution in [0.25, 0.3) is 0 Å². The molecule has 1 fully saturated rings. The lowest BCUT2D eigenvalue weighted by atomic mass is 10.1. The highest BCUT2D eigenvalue weighted by atomic mass is 16.5. The van der Waals surface area contributed by atoms with Gasteiger partial charge < -0.3 is 14.5 Å². The van der Waals surface area contributed by atoms with Gasteiger partial charge in [0, 0.05) is 32.3 Å². The highest BCUT2D eigenvalue weighted by Crippen LogP contribution is 2.23. The van der Waals surface area contributed by atoms with E-state index in [2.05, 4.69) is 11.6 Å². The summed E-state index contributed by atoms with van der Waals surface area (Å²) in [6.45, 7) is 5.44. The molecule has 2 amide bonds. The summed E-state index contributed by atoms with van der Waals surface area (Å²) in [5, 5.41) is 0. The maximum atomic E-state index is 13.2. The van der Waals surface area contributed by atoms with Crippen LogP contribution in [0.1, 0.15) is 17.7 Å². The van der Waals surface area contributed by atoms with E-state index < -0.39 is 0 Å². The fraction of sp³-hybridized carbons (Fsp3) is 0.318. The molecule has 0 radical (unpaired) electrons. The van der Waals surface area contributed by atoms with Crippen LogP contribution in [0.3, 0.4) is 0 Å². The first-order chi connectivity index (χ1) is 13.6. The van der Waals surface area contributed by atoms with Gasteiger partial charge >= 0.3 is 0 Å². The van der Waals surface area contributed by atoms with Crippen LogP contribution in [0.2, 0.25) is 0 Å². The number of ether oxygens (including phenoxy) is 1. The molecule has 3 rings (SSSR count). The number of nitrogens with zero attached hydrogens (tertiary/aromatic N) is 3. The Kier molecular flexibility index (Phi) is 6.42. The van der Waals surface area contributed by atoms with Crippen LogP contribution < -0.4 is 4.74 Å². The van der Waals surface area contributed by atoms with E-state index in [-0.39, 0.29) is 24.2 Å². The predicted molar refractivity (Wildman–Crippen MR) is 106 cm³/mol. The van der Waals surface area contributed by atoms with Crippen molar-refractivity contribution >= 4 is 11.8 Å². The van der Waals surface area contributed by atoms with Crippen LogP contribution in [0.5, 0.6) is 5.75 Å². The summed E-state index contributed by atoms with van der Waals surface area (Å²) >= 11 is 0. The molecule has 2 heterocycles. The molecule has 0 saturated carbocycles. The second kappa shape index (κ2) is 9.17. The van der Waals surface area contributed by atoms with Gasteiger partial charge in [-0.05, 0) is 29.8 Å². The molecule has 1 saturated heterocycles. The SMILES string of the molecule is C=CCN1CC(C(=O)N(Cc2ccc(OC)cc2)Cc2ccccn2)CC1=O. The van der Waals surface area contributed by atoms with Gasteiger partial charge in [0.05, 0.1) is 25.3 Å². The minimum absolute atomic E-state index is 0.000448. The minimum Gasteiger partial charge on any atom is -0.497 e. The van der Waals surface area contributed by atoms with Crippen molar-refractivity contribution in [1.82, 2.24) is 14.8 Å². The van der Waals surface area contributed by atoms with Gasteiger partial charge in [-0.1, -0.05) is 24.3 Å². The van der Waals surface area contributed by atoms with Gasteiger partial charge in [-0.25, -0.2) is 0 Å². The number of hydrogen-bond acceptors (Lipinski definition) is 4. The van der Waals surface area contributed by atoms with Crippen LogP contribution in [0.15, 0.2) is 61.3 Å². The number of methoxy groups -OCH3 is 1. The summed E-state index contributed by atoms with van der Waals surface area (Å²) in [4.78, 5) is 33.2. The second-order valence-corrected chi connectivity index (χ2v) is 6.85. The molecule has 1 unspecified atom stereocenters. The molecular weight excluding hydrogens is 354 g/mol. The highest BCUT2D eigenvalue weighted by Gasteiger charge is 2.36. The molecule has 0 spiro atoms. The Morgan fingerprint density at radius 3 is 2.71 bits per heavy atom. The van der Waals surface area contributed by atoms with Crippen LogP contribution in [-0.4, -0.2) is 46.8 Å². The first-order valence-electron chi connectivity index (χ1n) is 9.31. The average molecular weight is 379 g/mol. The Bertz CT molecular complexity index is 821. The number of pyridine rings is 1. The Balaban J connectivity index is 1.77. The fourth-order valence-electron chi connectivity index (χ4n) is 3.38. The number of aromatic nitrogens is 1. The van der Waals surface area contributed by atoms with Gasteiger partial charge in [-0.2, -0.15) is 0 Å². The number of hydrogen-bond donors (Lipinski definition) is 0. The Labute approximate surface area is 165 Å². The third-order valence-corrected chi connectivity index (χ3v) is 4.84. The molecule has 0 bridgehead atoms. The number of carbonyl (C=O) groups excluding carboxylic acids is 2. The van der Waals surface area contributed by atoms with Crippen LogP contribution in [0.4, 0.5) is 0 Å². The van der Waals surface area contributed by atoms with Crippen LogP contribution in [-0.2, 0) is 22.7 Å². The second-order valence-electron chi connectivity index (χ2n) is 6.85. The first kappa shape index (κ1) is 19.6. The maximum absolute atomic E-state index is 13.2. The van der Waals surface area contributed by atoms with Gasteiger partial charge in [0.25, 0.3) is 0 Å². The number of benzene rings is 1. The third-order valence-electron chi connectivity index (χ3n) is 4.84. The largest absolute Gasteiger partial charge is 0.497 e. The van der Waals surface area contributed by atoms with Gasteiger partial charge in [-0.3, -0.25) is 14.6 Å². The molecule has 1 aliphatic rings. The molecule has 0 aliphatic carbocycles. The minimum atomic E-state index is -0.339. The molecule has 28 heavy (non-hydrogen) atoms. The quantitative estimate of drug-likeness (QED) is 0.662. The Morgan fingerprint density at radius 2 is 2.07 bits per heavy atom.